The molecule has 0 aromatic carbocycles. The van der Waals surface area contributed by atoms with Crippen molar-refractivity contribution < 1.29 is 10.0 Å². The lowest BCUT2D eigenvalue weighted by molar-refractivity contribution is -0.116. The summed E-state index contributed by atoms with van der Waals surface area (Å²) in [6.45, 7) is 0. The molecule has 8 heteroatoms. The SMILES string of the molecule is Cn1ncc(C(N)=NO)c1NC(=O)CCCc1cccs1. The van der Waals surface area contributed by atoms with E-state index in [1.54, 1.807) is 18.4 Å². The van der Waals surface area contributed by atoms with Gasteiger partial charge in [0, 0.05) is 18.3 Å². The van der Waals surface area contributed by atoms with Gasteiger partial charge in [-0.25, -0.2) is 0 Å². The van der Waals surface area contributed by atoms with Gasteiger partial charge >= 0.3 is 0 Å². The van der Waals surface area contributed by atoms with Crippen LogP contribution in [0.25, 0.3) is 0 Å². The van der Waals surface area contributed by atoms with E-state index in [1.165, 1.54) is 15.8 Å². The minimum absolute atomic E-state index is 0.0861. The number of hydrogen-bond acceptors (Lipinski definition) is 5. The Balaban J connectivity index is 1.92. The number of anilines is 1. The van der Waals surface area contributed by atoms with Gasteiger partial charge in [-0.1, -0.05) is 11.2 Å². The normalized spacial score (nSPS) is 11.6. The third-order valence-electron chi connectivity index (χ3n) is 2.99. The van der Waals surface area contributed by atoms with Crippen molar-refractivity contribution in [3.05, 3.63) is 34.2 Å². The highest BCUT2D eigenvalue weighted by atomic mass is 32.1. The zero-order chi connectivity index (χ0) is 15.2. The number of rotatable bonds is 6. The van der Waals surface area contributed by atoms with Crippen LogP contribution in [0.4, 0.5) is 5.82 Å². The summed E-state index contributed by atoms with van der Waals surface area (Å²) < 4.78 is 1.48. The fraction of sp³-hybridized carbons (Fsp3) is 0.308. The minimum atomic E-state index is -0.123. The van der Waals surface area contributed by atoms with Gasteiger partial charge in [0.05, 0.1) is 11.8 Å². The second kappa shape index (κ2) is 6.89. The van der Waals surface area contributed by atoms with E-state index in [1.807, 2.05) is 11.4 Å². The third kappa shape index (κ3) is 3.82. The Bertz CT molecular complexity index is 633. The van der Waals surface area contributed by atoms with Gasteiger partial charge in [0.2, 0.25) is 5.91 Å². The molecule has 2 heterocycles. The average Bonchev–Trinajstić information content (AvgIpc) is 3.09. The van der Waals surface area contributed by atoms with E-state index in [0.29, 0.717) is 17.8 Å². The summed E-state index contributed by atoms with van der Waals surface area (Å²) in [5, 5.41) is 20.4. The molecule has 0 fully saturated rings. The van der Waals surface area contributed by atoms with E-state index in [4.69, 9.17) is 10.9 Å². The van der Waals surface area contributed by atoms with Gasteiger partial charge in [0.1, 0.15) is 5.82 Å². The largest absolute Gasteiger partial charge is 0.409 e. The number of carbonyl (C=O) groups excluding carboxylic acids is 1. The first-order chi connectivity index (χ1) is 10.1. The number of amides is 1. The summed E-state index contributed by atoms with van der Waals surface area (Å²) in [5.41, 5.74) is 5.94. The molecule has 21 heavy (non-hydrogen) atoms. The molecule has 0 saturated heterocycles. The monoisotopic (exact) mass is 307 g/mol. The molecule has 0 atom stereocenters. The minimum Gasteiger partial charge on any atom is -0.409 e. The predicted molar refractivity (Wildman–Crippen MR) is 81.6 cm³/mol. The number of nitrogens with one attached hydrogen (secondary N) is 1. The summed E-state index contributed by atoms with van der Waals surface area (Å²) >= 11 is 1.69. The number of thiophene rings is 1. The van der Waals surface area contributed by atoms with Crippen LogP contribution in [-0.2, 0) is 18.3 Å². The lowest BCUT2D eigenvalue weighted by atomic mass is 10.2. The molecule has 0 aliphatic heterocycles. The van der Waals surface area contributed by atoms with Crippen molar-refractivity contribution in [2.24, 2.45) is 17.9 Å². The van der Waals surface area contributed by atoms with Gasteiger partial charge in [-0.3, -0.25) is 9.48 Å². The molecule has 7 nitrogen and oxygen atoms in total. The van der Waals surface area contributed by atoms with Gasteiger partial charge in [0.15, 0.2) is 5.84 Å². The van der Waals surface area contributed by atoms with Crippen LogP contribution in [0.3, 0.4) is 0 Å². The molecule has 0 unspecified atom stereocenters. The van der Waals surface area contributed by atoms with Gasteiger partial charge in [0.25, 0.3) is 0 Å². The van der Waals surface area contributed by atoms with Crippen LogP contribution in [0.1, 0.15) is 23.3 Å². The van der Waals surface area contributed by atoms with Gasteiger partial charge < -0.3 is 16.3 Å². The van der Waals surface area contributed by atoms with Gasteiger partial charge in [-0.15, -0.1) is 11.3 Å². The second-order valence-corrected chi connectivity index (χ2v) is 5.53. The highest BCUT2D eigenvalue weighted by Crippen LogP contribution is 2.15. The van der Waals surface area contributed by atoms with Crippen molar-refractivity contribution in [1.29, 1.82) is 0 Å². The molecule has 0 bridgehead atoms. The average molecular weight is 307 g/mol. The van der Waals surface area contributed by atoms with Crippen LogP contribution in [-0.4, -0.2) is 26.7 Å². The molecule has 0 aliphatic carbocycles. The second-order valence-electron chi connectivity index (χ2n) is 4.50. The smallest absolute Gasteiger partial charge is 0.225 e. The number of carbonyl (C=O) groups is 1. The van der Waals surface area contributed by atoms with Crippen LogP contribution in [0, 0.1) is 0 Å². The van der Waals surface area contributed by atoms with Crippen molar-refractivity contribution in [2.45, 2.75) is 19.3 Å². The number of nitrogens with zero attached hydrogens (tertiary/aromatic N) is 3. The van der Waals surface area contributed by atoms with Crippen molar-refractivity contribution in [3.8, 4) is 0 Å². The fourth-order valence-corrected chi connectivity index (χ4v) is 2.65. The zero-order valence-corrected chi connectivity index (χ0v) is 12.4. The van der Waals surface area contributed by atoms with Crippen LogP contribution in [0.15, 0.2) is 28.9 Å². The Morgan fingerprint density at radius 2 is 2.43 bits per heavy atom. The standard InChI is InChI=1S/C13H17N5O2S/c1-18-13(10(8-15-18)12(14)17-20)16-11(19)6-2-4-9-5-3-7-21-9/h3,5,7-8,20H,2,4,6H2,1H3,(H2,14,17)(H,16,19). The van der Waals surface area contributed by atoms with E-state index in [0.717, 1.165) is 12.8 Å². The van der Waals surface area contributed by atoms with Crippen molar-refractivity contribution >= 4 is 28.9 Å². The first-order valence-electron chi connectivity index (χ1n) is 6.44. The quantitative estimate of drug-likeness (QED) is 0.326. The third-order valence-corrected chi connectivity index (χ3v) is 3.92. The van der Waals surface area contributed by atoms with Crippen LogP contribution >= 0.6 is 11.3 Å². The zero-order valence-electron chi connectivity index (χ0n) is 11.6. The lowest BCUT2D eigenvalue weighted by Crippen LogP contribution is -2.19. The number of nitrogens with two attached hydrogens (primary N) is 1. The molecule has 0 radical (unpaired) electrons. The molecule has 2 rings (SSSR count). The van der Waals surface area contributed by atoms with E-state index >= 15 is 0 Å². The number of oxime groups is 1. The maximum Gasteiger partial charge on any atom is 0.225 e. The summed E-state index contributed by atoms with van der Waals surface area (Å²) in [6.07, 6.45) is 3.49. The number of aromatic nitrogens is 2. The Labute approximate surface area is 126 Å². The molecule has 0 aliphatic rings. The maximum atomic E-state index is 12.0. The highest BCUT2D eigenvalue weighted by molar-refractivity contribution is 7.09. The molecule has 2 aromatic rings. The summed E-state index contributed by atoms with van der Waals surface area (Å²) in [5.74, 6) is 0.213. The van der Waals surface area contributed by atoms with E-state index < -0.39 is 0 Å². The van der Waals surface area contributed by atoms with Crippen LogP contribution in [0.2, 0.25) is 0 Å². The van der Waals surface area contributed by atoms with Gasteiger partial charge in [-0.05, 0) is 24.3 Å². The van der Waals surface area contributed by atoms with Crippen molar-refractivity contribution in [1.82, 2.24) is 9.78 Å². The Hall–Kier alpha value is -2.35. The Kier molecular flexibility index (Phi) is 4.94. The maximum absolute atomic E-state index is 12.0. The highest BCUT2D eigenvalue weighted by Gasteiger charge is 2.15. The number of aryl methyl sites for hydroxylation is 2. The molecule has 112 valence electrons. The van der Waals surface area contributed by atoms with Gasteiger partial charge in [-0.2, -0.15) is 5.10 Å². The van der Waals surface area contributed by atoms with Crippen LogP contribution in [0.5, 0.6) is 0 Å². The predicted octanol–water partition coefficient (Wildman–Crippen LogP) is 1.54. The lowest BCUT2D eigenvalue weighted by Gasteiger charge is -2.07. The first kappa shape index (κ1) is 15.0. The molecular weight excluding hydrogens is 290 g/mol. The summed E-state index contributed by atoms with van der Waals surface area (Å²) in [6, 6.07) is 4.05. The van der Waals surface area contributed by atoms with Crippen LogP contribution < -0.4 is 11.1 Å². The fourth-order valence-electron chi connectivity index (χ4n) is 1.90. The summed E-state index contributed by atoms with van der Waals surface area (Å²) in [4.78, 5) is 13.2. The molecule has 4 N–H and O–H groups in total. The van der Waals surface area contributed by atoms with E-state index in [-0.39, 0.29) is 11.7 Å². The van der Waals surface area contributed by atoms with E-state index in [9.17, 15) is 4.79 Å². The Morgan fingerprint density at radius 3 is 3.10 bits per heavy atom. The molecule has 1 amide bonds. The molecular formula is C13H17N5O2S. The van der Waals surface area contributed by atoms with Crippen molar-refractivity contribution in [3.63, 3.8) is 0 Å². The number of hydrogen-bond donors (Lipinski definition) is 3. The number of amidine groups is 1. The Morgan fingerprint density at radius 1 is 1.62 bits per heavy atom. The molecule has 0 spiro atoms. The van der Waals surface area contributed by atoms with Crippen molar-refractivity contribution in [2.75, 3.05) is 5.32 Å². The summed E-state index contributed by atoms with van der Waals surface area (Å²) in [7, 11) is 1.68. The first-order valence-corrected chi connectivity index (χ1v) is 7.32. The molecule has 0 saturated carbocycles. The molecule has 2 aromatic heterocycles. The van der Waals surface area contributed by atoms with E-state index in [2.05, 4.69) is 21.6 Å². The topological polar surface area (TPSA) is 106 Å².